The van der Waals surface area contributed by atoms with Gasteiger partial charge in [-0.25, -0.2) is 13.1 Å². The number of rotatable bonds is 5. The Labute approximate surface area is 68.4 Å². The molecule has 0 spiro atoms. The molecule has 0 aromatic carbocycles. The highest BCUT2D eigenvalue weighted by Crippen LogP contribution is 1.89. The van der Waals surface area contributed by atoms with Crippen molar-refractivity contribution >= 4 is 10.0 Å². The fourth-order valence-electron chi connectivity index (χ4n) is 0.714. The SMILES string of the molecule is CNCC(C)CNS(C)(=O)=O. The minimum absolute atomic E-state index is 0.328. The molecule has 0 aromatic heterocycles. The molecular formula is C6H16N2O2S. The lowest BCUT2D eigenvalue weighted by Gasteiger charge is -2.09. The summed E-state index contributed by atoms with van der Waals surface area (Å²) < 4.78 is 23.7. The minimum atomic E-state index is -3.02. The van der Waals surface area contributed by atoms with Gasteiger partial charge in [0.05, 0.1) is 6.26 Å². The van der Waals surface area contributed by atoms with E-state index in [0.29, 0.717) is 12.5 Å². The average Bonchev–Trinajstić information content (AvgIpc) is 1.83. The molecule has 0 amide bonds. The maximum atomic E-state index is 10.6. The van der Waals surface area contributed by atoms with Gasteiger partial charge in [0.15, 0.2) is 0 Å². The summed E-state index contributed by atoms with van der Waals surface area (Å²) >= 11 is 0. The Morgan fingerprint density at radius 2 is 1.91 bits per heavy atom. The molecule has 1 atom stereocenters. The van der Waals surface area contributed by atoms with Gasteiger partial charge in [-0.3, -0.25) is 0 Å². The smallest absolute Gasteiger partial charge is 0.208 e. The summed E-state index contributed by atoms with van der Waals surface area (Å²) in [5, 5.41) is 2.97. The predicted octanol–water partition coefficient (Wildman–Crippen LogP) is -0.609. The molecule has 68 valence electrons. The lowest BCUT2D eigenvalue weighted by atomic mass is 10.2. The van der Waals surface area contributed by atoms with Gasteiger partial charge in [-0.05, 0) is 19.5 Å². The molecule has 5 heteroatoms. The van der Waals surface area contributed by atoms with E-state index in [2.05, 4.69) is 10.0 Å². The van der Waals surface area contributed by atoms with E-state index in [1.165, 1.54) is 6.26 Å². The Balaban J connectivity index is 3.54. The van der Waals surface area contributed by atoms with Crippen LogP contribution in [-0.4, -0.2) is 34.8 Å². The van der Waals surface area contributed by atoms with Crippen LogP contribution in [0.2, 0.25) is 0 Å². The number of sulfonamides is 1. The van der Waals surface area contributed by atoms with E-state index >= 15 is 0 Å². The fourth-order valence-corrected chi connectivity index (χ4v) is 1.30. The van der Waals surface area contributed by atoms with Crippen molar-refractivity contribution in [1.29, 1.82) is 0 Å². The third-order valence-electron chi connectivity index (χ3n) is 1.25. The van der Waals surface area contributed by atoms with Gasteiger partial charge in [-0.1, -0.05) is 6.92 Å². The Morgan fingerprint density at radius 3 is 2.27 bits per heavy atom. The molecule has 0 aliphatic heterocycles. The Morgan fingerprint density at radius 1 is 1.36 bits per heavy atom. The van der Waals surface area contributed by atoms with Gasteiger partial charge in [-0.15, -0.1) is 0 Å². The van der Waals surface area contributed by atoms with Crippen LogP contribution in [0.15, 0.2) is 0 Å². The zero-order chi connectivity index (χ0) is 8.91. The van der Waals surface area contributed by atoms with E-state index in [-0.39, 0.29) is 0 Å². The van der Waals surface area contributed by atoms with Gasteiger partial charge in [0.1, 0.15) is 0 Å². The van der Waals surface area contributed by atoms with Crippen LogP contribution in [-0.2, 0) is 10.0 Å². The van der Waals surface area contributed by atoms with Crippen molar-refractivity contribution in [2.75, 3.05) is 26.4 Å². The van der Waals surface area contributed by atoms with Crippen LogP contribution in [0, 0.1) is 5.92 Å². The third kappa shape index (κ3) is 7.77. The summed E-state index contributed by atoms with van der Waals surface area (Å²) in [6, 6.07) is 0. The summed E-state index contributed by atoms with van der Waals surface area (Å²) in [6.45, 7) is 3.30. The molecular weight excluding hydrogens is 164 g/mol. The van der Waals surface area contributed by atoms with Crippen molar-refractivity contribution in [2.45, 2.75) is 6.92 Å². The molecule has 1 unspecified atom stereocenters. The largest absolute Gasteiger partial charge is 0.319 e. The lowest BCUT2D eigenvalue weighted by Crippen LogP contribution is -2.31. The second-order valence-electron chi connectivity index (χ2n) is 2.78. The standard InChI is InChI=1S/C6H16N2O2S/c1-6(4-7-2)5-8-11(3,9)10/h6-8H,4-5H2,1-3H3. The highest BCUT2D eigenvalue weighted by atomic mass is 32.2. The van der Waals surface area contributed by atoms with Crippen molar-refractivity contribution in [2.24, 2.45) is 5.92 Å². The van der Waals surface area contributed by atoms with Crippen LogP contribution >= 0.6 is 0 Å². The predicted molar refractivity (Wildman–Crippen MR) is 45.9 cm³/mol. The van der Waals surface area contributed by atoms with Crippen LogP contribution in [0.5, 0.6) is 0 Å². The van der Waals surface area contributed by atoms with Gasteiger partial charge < -0.3 is 5.32 Å². The van der Waals surface area contributed by atoms with Crippen LogP contribution in [0.3, 0.4) is 0 Å². The van der Waals surface area contributed by atoms with Crippen molar-refractivity contribution in [3.63, 3.8) is 0 Å². The first-order valence-corrected chi connectivity index (χ1v) is 5.44. The van der Waals surface area contributed by atoms with Crippen molar-refractivity contribution in [1.82, 2.24) is 10.0 Å². The van der Waals surface area contributed by atoms with Crippen LogP contribution in [0.25, 0.3) is 0 Å². The highest BCUT2D eigenvalue weighted by Gasteiger charge is 2.04. The summed E-state index contributed by atoms with van der Waals surface area (Å²) in [7, 11) is -1.17. The van der Waals surface area contributed by atoms with Crippen molar-refractivity contribution < 1.29 is 8.42 Å². The first-order chi connectivity index (χ1) is 4.95. The van der Waals surface area contributed by atoms with Gasteiger partial charge in [0.2, 0.25) is 10.0 Å². The molecule has 0 heterocycles. The van der Waals surface area contributed by atoms with Gasteiger partial charge >= 0.3 is 0 Å². The van der Waals surface area contributed by atoms with E-state index in [4.69, 9.17) is 0 Å². The minimum Gasteiger partial charge on any atom is -0.319 e. The van der Waals surface area contributed by atoms with E-state index in [9.17, 15) is 8.42 Å². The Kier molecular flexibility index (Phi) is 4.63. The molecule has 0 aliphatic carbocycles. The second kappa shape index (κ2) is 4.69. The molecule has 4 nitrogen and oxygen atoms in total. The maximum Gasteiger partial charge on any atom is 0.208 e. The lowest BCUT2D eigenvalue weighted by molar-refractivity contribution is 0.521. The third-order valence-corrected chi connectivity index (χ3v) is 1.94. The van der Waals surface area contributed by atoms with Crippen molar-refractivity contribution in [3.05, 3.63) is 0 Å². The normalized spacial score (nSPS) is 14.8. The van der Waals surface area contributed by atoms with E-state index in [0.717, 1.165) is 6.54 Å². The molecule has 11 heavy (non-hydrogen) atoms. The average molecular weight is 180 g/mol. The molecule has 0 saturated heterocycles. The fraction of sp³-hybridized carbons (Fsp3) is 1.00. The summed E-state index contributed by atoms with van der Waals surface area (Å²) in [6.07, 6.45) is 1.17. The summed E-state index contributed by atoms with van der Waals surface area (Å²) in [4.78, 5) is 0. The first kappa shape index (κ1) is 10.9. The topological polar surface area (TPSA) is 58.2 Å². The Hall–Kier alpha value is -0.130. The molecule has 0 aliphatic rings. The monoisotopic (exact) mass is 180 g/mol. The van der Waals surface area contributed by atoms with E-state index in [1.807, 2.05) is 14.0 Å². The summed E-state index contributed by atoms with van der Waals surface area (Å²) in [5.41, 5.74) is 0. The molecule has 0 saturated carbocycles. The number of nitrogens with one attached hydrogen (secondary N) is 2. The zero-order valence-corrected chi connectivity index (χ0v) is 8.03. The van der Waals surface area contributed by atoms with Crippen LogP contribution in [0.1, 0.15) is 6.92 Å². The maximum absolute atomic E-state index is 10.6. The van der Waals surface area contributed by atoms with Crippen molar-refractivity contribution in [3.8, 4) is 0 Å². The van der Waals surface area contributed by atoms with Gasteiger partial charge in [0.25, 0.3) is 0 Å². The van der Waals surface area contributed by atoms with E-state index < -0.39 is 10.0 Å². The Bertz CT molecular complexity index is 189. The molecule has 0 fully saturated rings. The quantitative estimate of drug-likeness (QED) is 0.593. The zero-order valence-electron chi connectivity index (χ0n) is 7.22. The molecule has 0 aromatic rings. The van der Waals surface area contributed by atoms with Gasteiger partial charge in [0, 0.05) is 6.54 Å². The molecule has 0 radical (unpaired) electrons. The number of hydrogen-bond acceptors (Lipinski definition) is 3. The second-order valence-corrected chi connectivity index (χ2v) is 4.62. The van der Waals surface area contributed by atoms with Gasteiger partial charge in [-0.2, -0.15) is 0 Å². The molecule has 0 bridgehead atoms. The van der Waals surface area contributed by atoms with E-state index in [1.54, 1.807) is 0 Å². The van der Waals surface area contributed by atoms with Crippen LogP contribution < -0.4 is 10.0 Å². The van der Waals surface area contributed by atoms with Crippen LogP contribution in [0.4, 0.5) is 0 Å². The molecule has 2 N–H and O–H groups in total. The first-order valence-electron chi connectivity index (χ1n) is 3.55. The highest BCUT2D eigenvalue weighted by molar-refractivity contribution is 7.88. The summed E-state index contributed by atoms with van der Waals surface area (Å²) in [5.74, 6) is 0.328. The number of hydrogen-bond donors (Lipinski definition) is 2. The molecule has 0 rings (SSSR count).